The summed E-state index contributed by atoms with van der Waals surface area (Å²) in [5.74, 6) is -0.136. The lowest BCUT2D eigenvalue weighted by molar-refractivity contribution is -0.133. The van der Waals surface area contributed by atoms with E-state index in [4.69, 9.17) is 4.42 Å². The molecule has 0 radical (unpaired) electrons. The summed E-state index contributed by atoms with van der Waals surface area (Å²) in [6, 6.07) is 14.2. The maximum atomic E-state index is 13.8. The van der Waals surface area contributed by atoms with Gasteiger partial charge in [0.25, 0.3) is 5.91 Å². The maximum absolute atomic E-state index is 13.8. The van der Waals surface area contributed by atoms with Gasteiger partial charge in [-0.1, -0.05) is 62.4 Å². The first kappa shape index (κ1) is 22.8. The van der Waals surface area contributed by atoms with Crippen molar-refractivity contribution in [2.75, 3.05) is 6.54 Å². The van der Waals surface area contributed by atoms with E-state index in [0.29, 0.717) is 24.4 Å². The predicted octanol–water partition coefficient (Wildman–Crippen LogP) is 5.31. The van der Waals surface area contributed by atoms with Crippen LogP contribution in [0.25, 0.3) is 11.1 Å². The number of carbonyl (C=O) groups is 2. The highest BCUT2D eigenvalue weighted by Gasteiger charge is 2.48. The largest absolute Gasteiger partial charge is 0.463 e. The van der Waals surface area contributed by atoms with Gasteiger partial charge in [0.1, 0.15) is 11.2 Å². The molecule has 3 heterocycles. The zero-order valence-electron chi connectivity index (χ0n) is 20.1. The summed E-state index contributed by atoms with van der Waals surface area (Å²) in [6.45, 7) is 2.90. The Kier molecular flexibility index (Phi) is 6.48. The third-order valence-corrected chi connectivity index (χ3v) is 7.67. The molecule has 1 fully saturated rings. The molecule has 6 nitrogen and oxygen atoms in total. The smallest absolute Gasteiger partial charge is 0.271 e. The summed E-state index contributed by atoms with van der Waals surface area (Å²) in [4.78, 5) is 29.4. The Labute approximate surface area is 201 Å². The minimum Gasteiger partial charge on any atom is -0.463 e. The Bertz CT molecular complexity index is 1140. The number of carbonyl (C=O) groups excluding carboxylic acids is 2. The van der Waals surface area contributed by atoms with Crippen molar-refractivity contribution in [2.45, 2.75) is 82.8 Å². The first-order valence-electron chi connectivity index (χ1n) is 12.8. The average Bonchev–Trinajstić information content (AvgIpc) is 3.41. The number of nitrogens with one attached hydrogen (secondary N) is 1. The van der Waals surface area contributed by atoms with Crippen molar-refractivity contribution in [1.29, 1.82) is 0 Å². The second kappa shape index (κ2) is 9.69. The number of furan rings is 1. The van der Waals surface area contributed by atoms with Crippen LogP contribution < -0.4 is 5.32 Å². The first-order valence-corrected chi connectivity index (χ1v) is 12.8. The second-order valence-electron chi connectivity index (χ2n) is 10.1. The van der Waals surface area contributed by atoms with Gasteiger partial charge in [-0.05, 0) is 38.2 Å². The lowest BCUT2D eigenvalue weighted by Crippen LogP contribution is -2.65. The van der Waals surface area contributed by atoms with E-state index in [-0.39, 0.29) is 17.9 Å². The zero-order valence-corrected chi connectivity index (χ0v) is 20.1. The molecule has 1 aliphatic carbocycles. The summed E-state index contributed by atoms with van der Waals surface area (Å²) < 4.78 is 7.54. The molecular formula is C28H35N3O3. The van der Waals surface area contributed by atoms with E-state index in [9.17, 15) is 9.59 Å². The Morgan fingerprint density at radius 2 is 1.82 bits per heavy atom. The normalized spacial score (nSPS) is 21.8. The Morgan fingerprint density at radius 3 is 2.59 bits per heavy atom. The molecule has 0 spiro atoms. The monoisotopic (exact) mass is 461 g/mol. The van der Waals surface area contributed by atoms with Gasteiger partial charge < -0.3 is 19.2 Å². The highest BCUT2D eigenvalue weighted by Crippen LogP contribution is 2.33. The molecule has 1 atom stereocenters. The van der Waals surface area contributed by atoms with Gasteiger partial charge in [-0.2, -0.15) is 0 Å². The highest BCUT2D eigenvalue weighted by atomic mass is 16.3. The zero-order chi connectivity index (χ0) is 23.5. The van der Waals surface area contributed by atoms with Gasteiger partial charge in [0.15, 0.2) is 5.58 Å². The molecule has 34 heavy (non-hydrogen) atoms. The van der Waals surface area contributed by atoms with Crippen LogP contribution in [0.15, 0.2) is 53.1 Å². The fourth-order valence-corrected chi connectivity index (χ4v) is 5.65. The van der Waals surface area contributed by atoms with E-state index in [2.05, 4.69) is 17.4 Å². The molecule has 1 saturated carbocycles. The van der Waals surface area contributed by atoms with Crippen molar-refractivity contribution in [3.05, 3.63) is 60.0 Å². The van der Waals surface area contributed by atoms with Gasteiger partial charge in [0, 0.05) is 24.7 Å². The number of hydrogen-bond donors (Lipinski definition) is 1. The van der Waals surface area contributed by atoms with Crippen LogP contribution in [0.3, 0.4) is 0 Å². The minimum absolute atomic E-state index is 0.0397. The van der Waals surface area contributed by atoms with Gasteiger partial charge in [-0.3, -0.25) is 9.59 Å². The van der Waals surface area contributed by atoms with Crippen LogP contribution >= 0.6 is 0 Å². The molecular weight excluding hydrogens is 426 g/mol. The number of nitrogens with zero attached hydrogens (tertiary/aromatic N) is 2. The van der Waals surface area contributed by atoms with Crippen LogP contribution in [-0.4, -0.2) is 39.4 Å². The second-order valence-corrected chi connectivity index (χ2v) is 10.1. The number of hydrogen-bond acceptors (Lipinski definition) is 3. The Balaban J connectivity index is 1.40. The number of amides is 2. The highest BCUT2D eigenvalue weighted by molar-refractivity contribution is 6.02. The van der Waals surface area contributed by atoms with E-state index in [0.717, 1.165) is 44.0 Å². The molecule has 1 N–H and O–H groups in total. The molecule has 1 aliphatic heterocycles. The van der Waals surface area contributed by atoms with E-state index >= 15 is 0 Å². The van der Waals surface area contributed by atoms with E-state index in [1.54, 1.807) is 6.26 Å². The minimum atomic E-state index is -0.952. The average molecular weight is 462 g/mol. The topological polar surface area (TPSA) is 67.5 Å². The first-order chi connectivity index (χ1) is 16.6. The van der Waals surface area contributed by atoms with Crippen molar-refractivity contribution in [3.8, 4) is 0 Å². The van der Waals surface area contributed by atoms with E-state index in [1.165, 1.54) is 24.8 Å². The lowest BCUT2D eigenvalue weighted by atomic mass is 9.91. The van der Waals surface area contributed by atoms with Crippen molar-refractivity contribution < 1.29 is 14.0 Å². The molecule has 1 aromatic carbocycles. The van der Waals surface area contributed by atoms with Crippen molar-refractivity contribution in [3.63, 3.8) is 0 Å². The van der Waals surface area contributed by atoms with Gasteiger partial charge >= 0.3 is 0 Å². The summed E-state index contributed by atoms with van der Waals surface area (Å²) >= 11 is 0. The number of benzene rings is 1. The van der Waals surface area contributed by atoms with Gasteiger partial charge in [0.2, 0.25) is 5.91 Å². The van der Waals surface area contributed by atoms with Crippen molar-refractivity contribution >= 4 is 22.9 Å². The molecule has 1 unspecified atom stereocenters. The summed E-state index contributed by atoms with van der Waals surface area (Å²) in [7, 11) is 0. The number of aryl methyl sites for hydroxylation is 1. The van der Waals surface area contributed by atoms with Crippen LogP contribution in [0, 0.1) is 0 Å². The number of rotatable bonds is 6. The van der Waals surface area contributed by atoms with Crippen molar-refractivity contribution in [2.24, 2.45) is 0 Å². The predicted molar refractivity (Wildman–Crippen MR) is 133 cm³/mol. The molecule has 3 aromatic rings. The fraction of sp³-hybridized carbons (Fsp3) is 0.500. The molecule has 0 bridgehead atoms. The van der Waals surface area contributed by atoms with Crippen molar-refractivity contribution in [1.82, 2.24) is 14.8 Å². The lowest BCUT2D eigenvalue weighted by Gasteiger charge is -2.44. The molecule has 180 valence electrons. The molecule has 2 amide bonds. The molecule has 5 rings (SSSR count). The summed E-state index contributed by atoms with van der Waals surface area (Å²) in [5, 5.41) is 3.35. The maximum Gasteiger partial charge on any atom is 0.271 e. The van der Waals surface area contributed by atoms with Crippen LogP contribution in [0.2, 0.25) is 0 Å². The molecule has 6 heteroatoms. The standard InChI is InChI=1S/C28H35N3O3/c1-28(27(33)29-22-14-8-3-2-4-9-15-22)20-30-23-16-18-34-25(23)19-24(30)26(32)31(28)17-10-13-21-11-6-5-7-12-21/h5-7,11-12,16,18-19,22H,2-4,8-10,13-15,17,20H2,1H3,(H,29,33). The summed E-state index contributed by atoms with van der Waals surface area (Å²) in [5.41, 5.74) is 2.46. The quantitative estimate of drug-likeness (QED) is 0.541. The number of aromatic nitrogens is 1. The summed E-state index contributed by atoms with van der Waals surface area (Å²) in [6.07, 6.45) is 11.4. The Hall–Kier alpha value is -3.02. The van der Waals surface area contributed by atoms with E-state index in [1.807, 2.05) is 46.7 Å². The van der Waals surface area contributed by atoms with Gasteiger partial charge in [-0.25, -0.2) is 0 Å². The molecule has 0 saturated heterocycles. The van der Waals surface area contributed by atoms with Crippen LogP contribution in [0.5, 0.6) is 0 Å². The third kappa shape index (κ3) is 4.38. The van der Waals surface area contributed by atoms with Crippen LogP contribution in [0.1, 0.15) is 74.3 Å². The molecule has 2 aliphatic rings. The van der Waals surface area contributed by atoms with Gasteiger partial charge in [-0.15, -0.1) is 0 Å². The van der Waals surface area contributed by atoms with Crippen LogP contribution in [-0.2, 0) is 17.8 Å². The van der Waals surface area contributed by atoms with E-state index < -0.39 is 5.54 Å². The number of fused-ring (bicyclic) bond motifs is 3. The van der Waals surface area contributed by atoms with Gasteiger partial charge in [0.05, 0.1) is 18.3 Å². The SMILES string of the molecule is CC1(C(=O)NC2CCCCCCC2)Cn2c(cc3occc32)C(=O)N1CCCc1ccccc1. The third-order valence-electron chi connectivity index (χ3n) is 7.67. The molecule has 2 aromatic heterocycles. The fourth-order valence-electron chi connectivity index (χ4n) is 5.65. The van der Waals surface area contributed by atoms with Crippen LogP contribution in [0.4, 0.5) is 0 Å². The Morgan fingerprint density at radius 1 is 1.09 bits per heavy atom.